The Kier molecular flexibility index (Phi) is 4.04. The summed E-state index contributed by atoms with van der Waals surface area (Å²) in [6.45, 7) is 2.04. The van der Waals surface area contributed by atoms with E-state index in [1.807, 2.05) is 37.4 Å². The van der Waals surface area contributed by atoms with Crippen LogP contribution in [0.5, 0.6) is 0 Å². The van der Waals surface area contributed by atoms with Gasteiger partial charge in [0.15, 0.2) is 0 Å². The molecule has 1 atom stereocenters. The molecule has 2 aliphatic rings. The molecule has 0 unspecified atom stereocenters. The molecule has 26 heavy (non-hydrogen) atoms. The van der Waals surface area contributed by atoms with E-state index in [4.69, 9.17) is 0 Å². The van der Waals surface area contributed by atoms with Crippen molar-refractivity contribution in [3.05, 3.63) is 65.2 Å². The Morgan fingerprint density at radius 1 is 1.15 bits per heavy atom. The number of hydrogen-bond donors (Lipinski definition) is 1. The number of carboxylic acid groups (broad SMARTS) is 1. The fourth-order valence-electron chi connectivity index (χ4n) is 4.50. The van der Waals surface area contributed by atoms with Crippen LogP contribution in [-0.2, 0) is 16.8 Å². The predicted molar refractivity (Wildman–Crippen MR) is 99.4 cm³/mol. The largest absolute Gasteiger partial charge is 0.478 e. The average molecular weight is 350 g/mol. The molecule has 0 aliphatic carbocycles. The summed E-state index contributed by atoms with van der Waals surface area (Å²) in [7, 11) is 1.84. The molecule has 0 bridgehead atoms. The highest BCUT2D eigenvalue weighted by Crippen LogP contribution is 2.46. The van der Waals surface area contributed by atoms with Gasteiger partial charge in [-0.3, -0.25) is 9.69 Å². The van der Waals surface area contributed by atoms with Crippen LogP contribution in [0.1, 0.15) is 34.3 Å². The van der Waals surface area contributed by atoms with E-state index in [0.29, 0.717) is 18.7 Å². The van der Waals surface area contributed by atoms with Gasteiger partial charge in [0.25, 0.3) is 0 Å². The molecule has 1 N–H and O–H groups in total. The number of carbonyl (C=O) groups is 2. The first kappa shape index (κ1) is 16.8. The zero-order chi connectivity index (χ0) is 18.3. The first-order valence-electron chi connectivity index (χ1n) is 8.94. The Hall–Kier alpha value is -2.66. The molecule has 0 aromatic heterocycles. The molecule has 134 valence electrons. The van der Waals surface area contributed by atoms with Crippen molar-refractivity contribution in [2.45, 2.75) is 24.8 Å². The monoisotopic (exact) mass is 350 g/mol. The molecule has 2 aromatic carbocycles. The summed E-state index contributed by atoms with van der Waals surface area (Å²) in [4.78, 5) is 28.6. The van der Waals surface area contributed by atoms with Gasteiger partial charge in [0.05, 0.1) is 11.0 Å². The van der Waals surface area contributed by atoms with Gasteiger partial charge in [-0.15, -0.1) is 0 Å². The first-order chi connectivity index (χ1) is 12.5. The summed E-state index contributed by atoms with van der Waals surface area (Å²) in [5.41, 5.74) is 2.71. The lowest BCUT2D eigenvalue weighted by molar-refractivity contribution is -0.125. The highest BCUT2D eigenvalue weighted by Gasteiger charge is 2.51. The molecular weight excluding hydrogens is 328 g/mol. The summed E-state index contributed by atoms with van der Waals surface area (Å²) in [6.07, 6.45) is 1.76. The van der Waals surface area contributed by atoms with Crippen molar-refractivity contribution in [3.8, 4) is 0 Å². The van der Waals surface area contributed by atoms with Gasteiger partial charge < -0.3 is 10.0 Å². The molecule has 1 amide bonds. The number of likely N-dealkylation sites (tertiary alicyclic amines) is 1. The maximum Gasteiger partial charge on any atom is 0.336 e. The van der Waals surface area contributed by atoms with Crippen molar-refractivity contribution in [2.75, 3.05) is 25.0 Å². The number of benzene rings is 2. The van der Waals surface area contributed by atoms with Crippen molar-refractivity contribution in [2.24, 2.45) is 0 Å². The standard InChI is InChI=1S/C21H22N2O3/c1-22-18-10-5-4-9-17(18)21(20(22)26)11-6-12-23(14-21)13-15-7-2-3-8-16(15)19(24)25/h2-5,7-10H,6,11-14H2,1H3,(H,24,25)/t21-/m0/s1. The Morgan fingerprint density at radius 3 is 2.69 bits per heavy atom. The number of fused-ring (bicyclic) bond motifs is 2. The van der Waals surface area contributed by atoms with Gasteiger partial charge in [-0.25, -0.2) is 4.79 Å². The summed E-state index contributed by atoms with van der Waals surface area (Å²) >= 11 is 0. The van der Waals surface area contributed by atoms with Crippen molar-refractivity contribution in [3.63, 3.8) is 0 Å². The second kappa shape index (κ2) is 6.25. The summed E-state index contributed by atoms with van der Waals surface area (Å²) in [5, 5.41) is 9.43. The number of hydrogen-bond acceptors (Lipinski definition) is 3. The Labute approximate surface area is 152 Å². The van der Waals surface area contributed by atoms with Gasteiger partial charge in [0.1, 0.15) is 0 Å². The zero-order valence-electron chi connectivity index (χ0n) is 14.8. The van der Waals surface area contributed by atoms with E-state index >= 15 is 0 Å². The topological polar surface area (TPSA) is 60.9 Å². The predicted octanol–water partition coefficient (Wildman–Crippen LogP) is 2.90. The molecule has 1 fully saturated rings. The van der Waals surface area contributed by atoms with Crippen molar-refractivity contribution < 1.29 is 14.7 Å². The Morgan fingerprint density at radius 2 is 1.88 bits per heavy atom. The number of carbonyl (C=O) groups excluding carboxylic acids is 1. The number of amides is 1. The van der Waals surface area contributed by atoms with Crippen LogP contribution >= 0.6 is 0 Å². The number of piperidine rings is 1. The molecule has 5 heteroatoms. The smallest absolute Gasteiger partial charge is 0.336 e. The second-order valence-corrected chi connectivity index (χ2v) is 7.24. The van der Waals surface area contributed by atoms with Crippen molar-refractivity contribution >= 4 is 17.6 Å². The van der Waals surface area contributed by atoms with E-state index in [-0.39, 0.29) is 5.91 Å². The Bertz CT molecular complexity index is 879. The molecule has 0 radical (unpaired) electrons. The minimum atomic E-state index is -0.908. The van der Waals surface area contributed by atoms with Gasteiger partial charge in [0, 0.05) is 25.8 Å². The summed E-state index contributed by atoms with van der Waals surface area (Å²) in [5.74, 6) is -0.760. The normalized spacial score (nSPS) is 22.7. The lowest BCUT2D eigenvalue weighted by Gasteiger charge is -2.39. The van der Waals surface area contributed by atoms with Crippen LogP contribution in [0.4, 0.5) is 5.69 Å². The van der Waals surface area contributed by atoms with Gasteiger partial charge in [0.2, 0.25) is 5.91 Å². The number of likely N-dealkylation sites (N-methyl/N-ethyl adjacent to an activating group) is 1. The number of aromatic carboxylic acids is 1. The van der Waals surface area contributed by atoms with E-state index < -0.39 is 11.4 Å². The van der Waals surface area contributed by atoms with Crippen LogP contribution < -0.4 is 4.90 Å². The van der Waals surface area contributed by atoms with E-state index in [2.05, 4.69) is 11.0 Å². The van der Waals surface area contributed by atoms with Crippen molar-refractivity contribution in [1.29, 1.82) is 0 Å². The number of anilines is 1. The third-order valence-electron chi connectivity index (χ3n) is 5.71. The SMILES string of the molecule is CN1C(=O)[C@]2(CCCN(Cc3ccccc3C(=O)O)C2)c2ccccc21. The minimum Gasteiger partial charge on any atom is -0.478 e. The third-order valence-corrected chi connectivity index (χ3v) is 5.71. The fourth-order valence-corrected chi connectivity index (χ4v) is 4.50. The highest BCUT2D eigenvalue weighted by molar-refractivity contribution is 6.08. The summed E-state index contributed by atoms with van der Waals surface area (Å²) in [6, 6.07) is 15.1. The van der Waals surface area contributed by atoms with Gasteiger partial charge in [-0.05, 0) is 42.6 Å². The van der Waals surface area contributed by atoms with Gasteiger partial charge >= 0.3 is 5.97 Å². The maximum atomic E-state index is 13.1. The van der Waals surface area contributed by atoms with E-state index in [0.717, 1.165) is 36.2 Å². The van der Waals surface area contributed by atoms with Crippen LogP contribution in [-0.4, -0.2) is 42.0 Å². The second-order valence-electron chi connectivity index (χ2n) is 7.24. The van der Waals surface area contributed by atoms with E-state index in [1.54, 1.807) is 17.0 Å². The van der Waals surface area contributed by atoms with Crippen LogP contribution in [0.15, 0.2) is 48.5 Å². The van der Waals surface area contributed by atoms with Crippen molar-refractivity contribution in [1.82, 2.24) is 4.90 Å². The van der Waals surface area contributed by atoms with E-state index in [9.17, 15) is 14.7 Å². The number of nitrogens with zero attached hydrogens (tertiary/aromatic N) is 2. The number of rotatable bonds is 3. The molecular formula is C21H22N2O3. The highest BCUT2D eigenvalue weighted by atomic mass is 16.4. The van der Waals surface area contributed by atoms with Crippen LogP contribution in [0.25, 0.3) is 0 Å². The van der Waals surface area contributed by atoms with Gasteiger partial charge in [-0.2, -0.15) is 0 Å². The van der Waals surface area contributed by atoms with Crippen LogP contribution in [0.3, 0.4) is 0 Å². The lowest BCUT2D eigenvalue weighted by atomic mass is 9.75. The average Bonchev–Trinajstić information content (AvgIpc) is 2.85. The summed E-state index contributed by atoms with van der Waals surface area (Å²) < 4.78 is 0. The van der Waals surface area contributed by atoms with Crippen LogP contribution in [0.2, 0.25) is 0 Å². The maximum absolute atomic E-state index is 13.1. The molecule has 5 nitrogen and oxygen atoms in total. The zero-order valence-corrected chi connectivity index (χ0v) is 14.8. The minimum absolute atomic E-state index is 0.148. The Balaban J connectivity index is 1.65. The number of para-hydroxylation sites is 1. The molecule has 1 saturated heterocycles. The van der Waals surface area contributed by atoms with Crippen LogP contribution in [0, 0.1) is 0 Å². The molecule has 2 aromatic rings. The molecule has 2 heterocycles. The quantitative estimate of drug-likeness (QED) is 0.925. The van der Waals surface area contributed by atoms with Gasteiger partial charge in [-0.1, -0.05) is 36.4 Å². The fraction of sp³-hybridized carbons (Fsp3) is 0.333. The molecule has 0 saturated carbocycles. The first-order valence-corrected chi connectivity index (χ1v) is 8.94. The number of carboxylic acids is 1. The molecule has 2 aliphatic heterocycles. The van der Waals surface area contributed by atoms with E-state index in [1.165, 1.54) is 0 Å². The third kappa shape index (κ3) is 2.51. The molecule has 4 rings (SSSR count). The lowest BCUT2D eigenvalue weighted by Crippen LogP contribution is -2.51. The molecule has 1 spiro atoms.